The molecule has 0 N–H and O–H groups in total. The average molecular weight is 374 g/mol. The van der Waals surface area contributed by atoms with Gasteiger partial charge >= 0.3 is 0 Å². The van der Waals surface area contributed by atoms with Crippen LogP contribution in [0.15, 0.2) is 23.3 Å². The Hall–Kier alpha value is -1.66. The number of hydrogen-bond acceptors (Lipinski definition) is 6. The molecule has 2 aromatic heterocycles. The number of aliphatic imine (C=N–C) groups is 1. The Labute approximate surface area is 160 Å². The van der Waals surface area contributed by atoms with Gasteiger partial charge in [-0.2, -0.15) is 0 Å². The van der Waals surface area contributed by atoms with Crippen molar-refractivity contribution in [2.75, 3.05) is 39.4 Å². The van der Waals surface area contributed by atoms with E-state index in [1.54, 1.807) is 0 Å². The Morgan fingerprint density at radius 1 is 1.35 bits per heavy atom. The summed E-state index contributed by atoms with van der Waals surface area (Å²) in [6.45, 7) is 8.25. The first-order valence-corrected chi connectivity index (χ1v) is 9.86. The second kappa shape index (κ2) is 9.88. The van der Waals surface area contributed by atoms with E-state index in [0.29, 0.717) is 12.5 Å². The smallest absolute Gasteiger partial charge is 0.160 e. The van der Waals surface area contributed by atoms with E-state index in [0.717, 1.165) is 62.7 Å². The summed E-state index contributed by atoms with van der Waals surface area (Å²) in [6, 6.07) is 4.00. The molecule has 0 spiro atoms. The van der Waals surface area contributed by atoms with Crippen LogP contribution in [0.1, 0.15) is 25.6 Å². The third-order valence-corrected chi connectivity index (χ3v) is 5.15. The third-order valence-electron chi connectivity index (χ3n) is 5.02. The lowest BCUT2D eigenvalue weighted by Crippen LogP contribution is -2.36. The summed E-state index contributed by atoms with van der Waals surface area (Å²) in [7, 11) is 0. The van der Waals surface area contributed by atoms with E-state index < -0.39 is 0 Å². The number of aromatic nitrogens is 3. The van der Waals surface area contributed by atoms with Gasteiger partial charge in [-0.05, 0) is 63.1 Å². The third kappa shape index (κ3) is 4.95. The highest BCUT2D eigenvalue weighted by Gasteiger charge is 2.22. The Morgan fingerprint density at radius 3 is 2.96 bits per heavy atom. The first-order chi connectivity index (χ1) is 12.8. The van der Waals surface area contributed by atoms with E-state index in [2.05, 4.69) is 36.8 Å². The van der Waals surface area contributed by atoms with Crippen molar-refractivity contribution in [1.29, 1.82) is 0 Å². The van der Waals surface area contributed by atoms with Crippen LogP contribution < -0.4 is 0 Å². The number of nitrogens with zero attached hydrogens (tertiary/aromatic N) is 5. The Morgan fingerprint density at radius 2 is 2.19 bits per heavy atom. The minimum Gasteiger partial charge on any atom is -0.380 e. The number of fused-ring (bicyclic) bond motifs is 1. The van der Waals surface area contributed by atoms with Crippen LogP contribution >= 0.6 is 12.2 Å². The summed E-state index contributed by atoms with van der Waals surface area (Å²) >= 11 is 4.63. The lowest BCUT2D eigenvalue weighted by molar-refractivity contribution is 0.138. The van der Waals surface area contributed by atoms with Gasteiger partial charge < -0.3 is 14.2 Å². The van der Waals surface area contributed by atoms with Crippen LogP contribution in [0.3, 0.4) is 0 Å². The molecule has 7 heteroatoms. The van der Waals surface area contributed by atoms with E-state index >= 15 is 0 Å². The van der Waals surface area contributed by atoms with Crippen molar-refractivity contribution in [2.24, 2.45) is 10.9 Å². The lowest BCUT2D eigenvalue weighted by Gasteiger charge is -2.31. The summed E-state index contributed by atoms with van der Waals surface area (Å²) in [4.78, 5) is 15.9. The van der Waals surface area contributed by atoms with Crippen molar-refractivity contribution in [2.45, 2.75) is 32.7 Å². The van der Waals surface area contributed by atoms with E-state index in [4.69, 9.17) is 9.72 Å². The van der Waals surface area contributed by atoms with Gasteiger partial charge in [-0.3, -0.25) is 0 Å². The SMILES string of the molecule is CCOCCn1c(CC2CCN(CCN=C=S)CC2)nc2cccnc21. The van der Waals surface area contributed by atoms with Crippen molar-refractivity contribution >= 4 is 28.5 Å². The fourth-order valence-electron chi connectivity index (χ4n) is 3.61. The molecule has 1 saturated heterocycles. The minimum absolute atomic E-state index is 0.669. The molecule has 1 fully saturated rings. The van der Waals surface area contributed by atoms with Crippen LogP contribution in [0.5, 0.6) is 0 Å². The summed E-state index contributed by atoms with van der Waals surface area (Å²) in [5, 5.41) is 2.44. The van der Waals surface area contributed by atoms with Crippen molar-refractivity contribution in [3.8, 4) is 0 Å². The molecule has 0 saturated carbocycles. The molecule has 0 unspecified atom stereocenters. The van der Waals surface area contributed by atoms with Gasteiger partial charge in [-0.1, -0.05) is 0 Å². The summed E-state index contributed by atoms with van der Waals surface area (Å²) in [6.07, 6.45) is 5.24. The molecule has 3 heterocycles. The Bertz CT molecular complexity index is 747. The zero-order valence-electron chi connectivity index (χ0n) is 15.4. The average Bonchev–Trinajstić information content (AvgIpc) is 3.01. The van der Waals surface area contributed by atoms with Crippen molar-refractivity contribution < 1.29 is 4.74 Å². The largest absolute Gasteiger partial charge is 0.380 e. The maximum absolute atomic E-state index is 5.56. The van der Waals surface area contributed by atoms with Crippen LogP contribution in [0.2, 0.25) is 0 Å². The van der Waals surface area contributed by atoms with Gasteiger partial charge in [0.25, 0.3) is 0 Å². The summed E-state index contributed by atoms with van der Waals surface area (Å²) in [5.41, 5.74) is 1.95. The van der Waals surface area contributed by atoms with Crippen LogP contribution in [0, 0.1) is 5.92 Å². The van der Waals surface area contributed by atoms with Crippen LogP contribution in [0.4, 0.5) is 0 Å². The second-order valence-electron chi connectivity index (χ2n) is 6.68. The molecule has 0 aromatic carbocycles. The van der Waals surface area contributed by atoms with E-state index in [9.17, 15) is 0 Å². The molecule has 0 amide bonds. The van der Waals surface area contributed by atoms with Gasteiger partial charge in [0.15, 0.2) is 5.65 Å². The fourth-order valence-corrected chi connectivity index (χ4v) is 3.70. The number of imidazole rings is 1. The van der Waals surface area contributed by atoms with Gasteiger partial charge in [-0.15, -0.1) is 0 Å². The lowest BCUT2D eigenvalue weighted by atomic mass is 9.93. The fraction of sp³-hybridized carbons (Fsp3) is 0.632. The maximum atomic E-state index is 5.56. The number of ether oxygens (including phenoxy) is 1. The molecule has 140 valence electrons. The van der Waals surface area contributed by atoms with Gasteiger partial charge in [0.05, 0.1) is 18.3 Å². The van der Waals surface area contributed by atoms with E-state index in [1.807, 2.05) is 25.3 Å². The van der Waals surface area contributed by atoms with E-state index in [-0.39, 0.29) is 0 Å². The molecule has 3 rings (SSSR count). The molecular weight excluding hydrogens is 346 g/mol. The van der Waals surface area contributed by atoms with Crippen molar-refractivity contribution in [1.82, 2.24) is 19.4 Å². The highest BCUT2D eigenvalue weighted by Crippen LogP contribution is 2.23. The quantitative estimate of drug-likeness (QED) is 0.384. The highest BCUT2D eigenvalue weighted by molar-refractivity contribution is 7.78. The number of rotatable bonds is 9. The normalized spacial score (nSPS) is 16.0. The zero-order valence-corrected chi connectivity index (χ0v) is 16.2. The number of thiocarbonyl (C=S) groups is 1. The van der Waals surface area contributed by atoms with Crippen molar-refractivity contribution in [3.63, 3.8) is 0 Å². The number of pyridine rings is 1. The standard InChI is InChI=1S/C19H27N5OS/c1-2-25-13-12-24-18(22-17-4-3-7-21-19(17)24)14-16-5-9-23(10-6-16)11-8-20-15-26/h3-4,7,16H,2,5-6,8-14H2,1H3. The van der Waals surface area contributed by atoms with Crippen LogP contribution in [0.25, 0.3) is 11.2 Å². The molecule has 0 aliphatic carbocycles. The molecule has 26 heavy (non-hydrogen) atoms. The molecule has 1 aliphatic heterocycles. The van der Waals surface area contributed by atoms with Crippen LogP contribution in [-0.2, 0) is 17.7 Å². The van der Waals surface area contributed by atoms with Gasteiger partial charge in [0.1, 0.15) is 11.3 Å². The summed E-state index contributed by atoms with van der Waals surface area (Å²) < 4.78 is 7.80. The number of piperidine rings is 1. The number of hydrogen-bond donors (Lipinski definition) is 0. The predicted molar refractivity (Wildman–Crippen MR) is 107 cm³/mol. The molecule has 1 aliphatic rings. The summed E-state index contributed by atoms with van der Waals surface area (Å²) in [5.74, 6) is 1.81. The molecule has 0 bridgehead atoms. The van der Waals surface area contributed by atoms with Gasteiger partial charge in [-0.25, -0.2) is 15.0 Å². The van der Waals surface area contributed by atoms with Gasteiger partial charge in [0.2, 0.25) is 0 Å². The molecule has 0 atom stereocenters. The predicted octanol–water partition coefficient (Wildman–Crippen LogP) is 2.83. The number of likely N-dealkylation sites (tertiary alicyclic amines) is 1. The van der Waals surface area contributed by atoms with E-state index in [1.165, 1.54) is 12.8 Å². The zero-order chi connectivity index (χ0) is 18.2. The number of isothiocyanates is 1. The first kappa shape index (κ1) is 19.1. The Kier molecular flexibility index (Phi) is 7.26. The molecule has 0 radical (unpaired) electrons. The Balaban J connectivity index is 1.63. The second-order valence-corrected chi connectivity index (χ2v) is 6.87. The first-order valence-electron chi connectivity index (χ1n) is 9.45. The van der Waals surface area contributed by atoms with Crippen LogP contribution in [-0.4, -0.2) is 64.0 Å². The van der Waals surface area contributed by atoms with Crippen molar-refractivity contribution in [3.05, 3.63) is 24.2 Å². The molecule has 6 nitrogen and oxygen atoms in total. The highest BCUT2D eigenvalue weighted by atomic mass is 32.1. The monoisotopic (exact) mass is 373 g/mol. The maximum Gasteiger partial charge on any atom is 0.160 e. The molecule has 2 aromatic rings. The van der Waals surface area contributed by atoms with Gasteiger partial charge in [0, 0.05) is 32.3 Å². The minimum atomic E-state index is 0.669. The molecular formula is C19H27N5OS. The topological polar surface area (TPSA) is 55.5 Å².